The number of hydrogen-bond acceptors (Lipinski definition) is 0. The molecule has 1 heteroatoms. The van der Waals surface area contributed by atoms with Crippen LogP contribution in [-0.4, -0.2) is 4.57 Å². The van der Waals surface area contributed by atoms with Gasteiger partial charge in [-0.05, 0) is 31.6 Å². The number of benzene rings is 1. The Balaban J connectivity index is 2.35. The summed E-state index contributed by atoms with van der Waals surface area (Å²) < 4.78 is 2.33. The van der Waals surface area contributed by atoms with Crippen LogP contribution in [0.25, 0.3) is 17.0 Å². The summed E-state index contributed by atoms with van der Waals surface area (Å²) in [6.45, 7) is 6.82. The van der Waals surface area contributed by atoms with Crippen molar-refractivity contribution in [1.29, 1.82) is 0 Å². The molecule has 0 saturated heterocycles. The standard InChI is InChI=1S/C13H11N/c1-10-6-7-14-12(8-10)9-11-4-2-3-5-13(11)14/h1-5,8-9H,6-7H2. The topological polar surface area (TPSA) is 4.93 Å². The lowest BCUT2D eigenvalue weighted by Crippen LogP contribution is -2.04. The minimum Gasteiger partial charge on any atom is -0.341 e. The number of fused-ring (bicyclic) bond motifs is 3. The number of aryl methyl sites for hydroxylation is 1. The van der Waals surface area contributed by atoms with Gasteiger partial charge in [0.2, 0.25) is 0 Å². The molecule has 14 heavy (non-hydrogen) atoms. The fourth-order valence-corrected chi connectivity index (χ4v) is 2.10. The normalized spacial score (nSPS) is 15.4. The van der Waals surface area contributed by atoms with Crippen molar-refractivity contribution in [3.8, 4) is 0 Å². The summed E-state index contributed by atoms with van der Waals surface area (Å²) in [5, 5.41) is 1.30. The van der Waals surface area contributed by atoms with Gasteiger partial charge < -0.3 is 4.57 Å². The molecule has 1 aromatic heterocycles. The van der Waals surface area contributed by atoms with Crippen molar-refractivity contribution in [2.45, 2.75) is 13.0 Å². The highest BCUT2D eigenvalue weighted by atomic mass is 15.0. The van der Waals surface area contributed by atoms with E-state index in [1.54, 1.807) is 0 Å². The first-order valence-electron chi connectivity index (χ1n) is 4.89. The lowest BCUT2D eigenvalue weighted by Gasteiger charge is -2.14. The minimum atomic E-state index is 0.964. The number of aromatic nitrogens is 1. The zero-order valence-electron chi connectivity index (χ0n) is 7.90. The Labute approximate surface area is 83.7 Å². The van der Waals surface area contributed by atoms with Gasteiger partial charge in [-0.15, -0.1) is 0 Å². The zero-order valence-corrected chi connectivity index (χ0v) is 7.90. The predicted molar refractivity (Wildman–Crippen MR) is 58.8 cm³/mol. The van der Waals surface area contributed by atoms with E-state index < -0.39 is 0 Å². The fraction of sp³-hybridized carbons (Fsp3) is 0.154. The van der Waals surface area contributed by atoms with Crippen LogP contribution in [0.3, 0.4) is 0 Å². The summed E-state index contributed by atoms with van der Waals surface area (Å²) >= 11 is 0. The number of para-hydroxylation sites is 1. The first-order chi connectivity index (χ1) is 6.84. The van der Waals surface area contributed by atoms with Gasteiger partial charge in [0.05, 0.1) is 0 Å². The molecule has 3 rings (SSSR count). The molecule has 0 aliphatic carbocycles. The third kappa shape index (κ3) is 1.02. The van der Waals surface area contributed by atoms with Crippen LogP contribution in [0.15, 0.2) is 35.9 Å². The third-order valence-corrected chi connectivity index (χ3v) is 2.80. The van der Waals surface area contributed by atoms with Crippen LogP contribution in [0, 0.1) is 6.92 Å². The van der Waals surface area contributed by atoms with E-state index in [0.717, 1.165) is 18.5 Å². The third-order valence-electron chi connectivity index (χ3n) is 2.80. The van der Waals surface area contributed by atoms with Gasteiger partial charge in [-0.3, -0.25) is 0 Å². The Kier molecular flexibility index (Phi) is 1.54. The summed E-state index contributed by atoms with van der Waals surface area (Å²) in [7, 11) is 0. The number of hydrogen-bond donors (Lipinski definition) is 0. The van der Waals surface area contributed by atoms with Crippen LogP contribution in [-0.2, 0) is 6.54 Å². The average molecular weight is 181 g/mol. The molecule has 0 saturated carbocycles. The molecule has 0 fully saturated rings. The maximum Gasteiger partial charge on any atom is 0.0485 e. The molecule has 0 amide bonds. The Morgan fingerprint density at radius 3 is 3.00 bits per heavy atom. The Morgan fingerprint density at radius 2 is 2.07 bits per heavy atom. The van der Waals surface area contributed by atoms with Gasteiger partial charge in [0.1, 0.15) is 0 Å². The van der Waals surface area contributed by atoms with Crippen molar-refractivity contribution in [1.82, 2.24) is 4.57 Å². The van der Waals surface area contributed by atoms with E-state index in [-0.39, 0.29) is 0 Å². The first kappa shape index (κ1) is 7.86. The minimum absolute atomic E-state index is 0.964. The van der Waals surface area contributed by atoms with E-state index in [1.807, 2.05) is 0 Å². The van der Waals surface area contributed by atoms with Gasteiger partial charge in [0.15, 0.2) is 0 Å². The van der Waals surface area contributed by atoms with Gasteiger partial charge in [-0.1, -0.05) is 23.8 Å². The second kappa shape index (κ2) is 2.74. The number of allylic oxidation sites excluding steroid dienone is 1. The van der Waals surface area contributed by atoms with Gasteiger partial charge in [0.25, 0.3) is 0 Å². The van der Waals surface area contributed by atoms with E-state index in [9.17, 15) is 0 Å². The molecule has 0 unspecified atom stereocenters. The quantitative estimate of drug-likeness (QED) is 0.588. The SMILES string of the molecule is [CH]C1=Cc2cc3ccccc3n2CC1. The molecule has 0 spiro atoms. The van der Waals surface area contributed by atoms with Gasteiger partial charge in [-0.25, -0.2) is 0 Å². The molecule has 1 aromatic carbocycles. The fourth-order valence-electron chi connectivity index (χ4n) is 2.10. The summed E-state index contributed by atoms with van der Waals surface area (Å²) in [6.07, 6.45) is 3.04. The second-order valence-corrected chi connectivity index (χ2v) is 3.75. The highest BCUT2D eigenvalue weighted by Gasteiger charge is 2.10. The van der Waals surface area contributed by atoms with Crippen molar-refractivity contribution in [2.24, 2.45) is 0 Å². The van der Waals surface area contributed by atoms with Crippen LogP contribution in [0.5, 0.6) is 0 Å². The van der Waals surface area contributed by atoms with E-state index >= 15 is 0 Å². The molecule has 1 nitrogen and oxygen atoms in total. The summed E-state index contributed by atoms with van der Waals surface area (Å²) in [6, 6.07) is 10.7. The van der Waals surface area contributed by atoms with Crippen molar-refractivity contribution >= 4 is 17.0 Å². The molecular weight excluding hydrogens is 170 g/mol. The Morgan fingerprint density at radius 1 is 1.21 bits per heavy atom. The van der Waals surface area contributed by atoms with Crippen LogP contribution < -0.4 is 0 Å². The highest BCUT2D eigenvalue weighted by Crippen LogP contribution is 2.26. The average Bonchev–Trinajstić information content (AvgIpc) is 2.54. The number of rotatable bonds is 0. The lowest BCUT2D eigenvalue weighted by molar-refractivity contribution is 0.705. The smallest absolute Gasteiger partial charge is 0.0485 e. The molecule has 68 valence electrons. The van der Waals surface area contributed by atoms with Gasteiger partial charge >= 0.3 is 0 Å². The van der Waals surface area contributed by atoms with Gasteiger partial charge in [-0.2, -0.15) is 0 Å². The van der Waals surface area contributed by atoms with Crippen molar-refractivity contribution in [3.63, 3.8) is 0 Å². The van der Waals surface area contributed by atoms with E-state index in [4.69, 9.17) is 6.92 Å². The molecule has 2 heterocycles. The molecule has 0 N–H and O–H groups in total. The van der Waals surface area contributed by atoms with E-state index in [2.05, 4.69) is 41.0 Å². The van der Waals surface area contributed by atoms with Crippen LogP contribution in [0.4, 0.5) is 0 Å². The molecule has 0 atom stereocenters. The Bertz CT molecular complexity index is 517. The monoisotopic (exact) mass is 181 g/mol. The molecular formula is C13H11N. The molecule has 2 aromatic rings. The molecule has 2 radical (unpaired) electrons. The summed E-state index contributed by atoms with van der Waals surface area (Å²) in [4.78, 5) is 0. The van der Waals surface area contributed by atoms with Crippen molar-refractivity contribution in [3.05, 3.63) is 48.5 Å². The molecule has 1 aliphatic heterocycles. The Hall–Kier alpha value is -1.50. The molecule has 0 bridgehead atoms. The highest BCUT2D eigenvalue weighted by molar-refractivity contribution is 5.84. The lowest BCUT2D eigenvalue weighted by atomic mass is 10.1. The first-order valence-corrected chi connectivity index (χ1v) is 4.89. The van der Waals surface area contributed by atoms with Crippen LogP contribution in [0.1, 0.15) is 12.1 Å². The van der Waals surface area contributed by atoms with Gasteiger partial charge in [0, 0.05) is 23.1 Å². The van der Waals surface area contributed by atoms with E-state index in [1.165, 1.54) is 16.6 Å². The van der Waals surface area contributed by atoms with Crippen LogP contribution >= 0.6 is 0 Å². The largest absolute Gasteiger partial charge is 0.341 e. The second-order valence-electron chi connectivity index (χ2n) is 3.75. The van der Waals surface area contributed by atoms with Crippen LogP contribution in [0.2, 0.25) is 0 Å². The predicted octanol–water partition coefficient (Wildman–Crippen LogP) is 3.14. The maximum absolute atomic E-state index is 5.82. The maximum atomic E-state index is 5.82. The summed E-state index contributed by atoms with van der Waals surface area (Å²) in [5.74, 6) is 0. The van der Waals surface area contributed by atoms with Crippen molar-refractivity contribution in [2.75, 3.05) is 0 Å². The summed E-state index contributed by atoms with van der Waals surface area (Å²) in [5.41, 5.74) is 3.53. The molecule has 1 aliphatic rings. The van der Waals surface area contributed by atoms with E-state index in [0.29, 0.717) is 0 Å². The zero-order chi connectivity index (χ0) is 9.54. The number of nitrogens with zero attached hydrogens (tertiary/aromatic N) is 1. The van der Waals surface area contributed by atoms with Crippen molar-refractivity contribution < 1.29 is 0 Å².